The van der Waals surface area contributed by atoms with Crippen molar-refractivity contribution in [3.63, 3.8) is 0 Å². The standard InChI is InChI=1S/C13H19BrN2O/c1-9(13(2,3)4)7-12(17)16-11-8-10(14)5-6-15-11/h5-6,8-9H,7H2,1-4H3,(H,15,16,17). The number of pyridine rings is 1. The lowest BCUT2D eigenvalue weighted by Gasteiger charge is -2.26. The van der Waals surface area contributed by atoms with Gasteiger partial charge in [-0.1, -0.05) is 43.6 Å². The van der Waals surface area contributed by atoms with E-state index in [2.05, 4.69) is 53.9 Å². The van der Waals surface area contributed by atoms with Gasteiger partial charge in [0.05, 0.1) is 0 Å². The second-order valence-electron chi connectivity index (χ2n) is 5.38. The molecular weight excluding hydrogens is 280 g/mol. The Morgan fingerprint density at radius 1 is 1.53 bits per heavy atom. The molecule has 0 fully saturated rings. The third-order valence-corrected chi connectivity index (χ3v) is 3.45. The molecule has 0 aromatic carbocycles. The summed E-state index contributed by atoms with van der Waals surface area (Å²) in [7, 11) is 0. The van der Waals surface area contributed by atoms with E-state index in [4.69, 9.17) is 0 Å². The van der Waals surface area contributed by atoms with Crippen LogP contribution in [0.4, 0.5) is 5.82 Å². The van der Waals surface area contributed by atoms with Gasteiger partial charge in [-0.3, -0.25) is 4.79 Å². The van der Waals surface area contributed by atoms with Crippen molar-refractivity contribution in [2.24, 2.45) is 11.3 Å². The zero-order chi connectivity index (χ0) is 13.1. The number of nitrogens with zero attached hydrogens (tertiary/aromatic N) is 1. The fourth-order valence-electron chi connectivity index (χ4n) is 1.25. The van der Waals surface area contributed by atoms with E-state index in [-0.39, 0.29) is 11.3 Å². The van der Waals surface area contributed by atoms with Crippen LogP contribution < -0.4 is 5.32 Å². The van der Waals surface area contributed by atoms with E-state index in [1.807, 2.05) is 6.07 Å². The molecule has 0 saturated heterocycles. The monoisotopic (exact) mass is 298 g/mol. The maximum atomic E-state index is 11.8. The summed E-state index contributed by atoms with van der Waals surface area (Å²) in [6.45, 7) is 8.51. The highest BCUT2D eigenvalue weighted by Crippen LogP contribution is 2.28. The number of carbonyl (C=O) groups is 1. The van der Waals surface area contributed by atoms with Crippen molar-refractivity contribution < 1.29 is 4.79 Å². The topological polar surface area (TPSA) is 42.0 Å². The molecule has 1 rings (SSSR count). The van der Waals surface area contributed by atoms with E-state index in [0.29, 0.717) is 18.2 Å². The van der Waals surface area contributed by atoms with Crippen LogP contribution in [-0.4, -0.2) is 10.9 Å². The number of halogens is 1. The van der Waals surface area contributed by atoms with Gasteiger partial charge in [0.2, 0.25) is 5.91 Å². The molecule has 1 unspecified atom stereocenters. The molecule has 1 heterocycles. The van der Waals surface area contributed by atoms with E-state index < -0.39 is 0 Å². The van der Waals surface area contributed by atoms with Crippen LogP contribution in [0.3, 0.4) is 0 Å². The molecule has 94 valence electrons. The zero-order valence-electron chi connectivity index (χ0n) is 10.7. The number of aromatic nitrogens is 1. The summed E-state index contributed by atoms with van der Waals surface area (Å²) in [6.07, 6.45) is 2.17. The van der Waals surface area contributed by atoms with Crippen molar-refractivity contribution in [1.82, 2.24) is 4.98 Å². The van der Waals surface area contributed by atoms with E-state index in [1.54, 1.807) is 12.3 Å². The SMILES string of the molecule is CC(CC(=O)Nc1cc(Br)ccn1)C(C)(C)C. The highest BCUT2D eigenvalue weighted by Gasteiger charge is 2.22. The summed E-state index contributed by atoms with van der Waals surface area (Å²) in [6, 6.07) is 3.62. The predicted molar refractivity (Wildman–Crippen MR) is 73.8 cm³/mol. The maximum Gasteiger partial charge on any atom is 0.225 e. The first-order chi connectivity index (χ1) is 7.79. The average molecular weight is 299 g/mol. The molecular formula is C13H19BrN2O. The van der Waals surface area contributed by atoms with Gasteiger partial charge in [0, 0.05) is 17.1 Å². The summed E-state index contributed by atoms with van der Waals surface area (Å²) >= 11 is 3.34. The molecule has 0 aliphatic rings. The lowest BCUT2D eigenvalue weighted by Crippen LogP contribution is -2.24. The Morgan fingerprint density at radius 2 is 2.18 bits per heavy atom. The van der Waals surface area contributed by atoms with Crippen LogP contribution >= 0.6 is 15.9 Å². The van der Waals surface area contributed by atoms with Crippen LogP contribution in [0.15, 0.2) is 22.8 Å². The Hall–Kier alpha value is -0.900. The van der Waals surface area contributed by atoms with Gasteiger partial charge in [0.1, 0.15) is 5.82 Å². The molecule has 1 aromatic rings. The summed E-state index contributed by atoms with van der Waals surface area (Å²) in [5.41, 5.74) is 0.141. The number of anilines is 1. The van der Waals surface area contributed by atoms with Gasteiger partial charge < -0.3 is 5.32 Å². The molecule has 0 bridgehead atoms. The molecule has 0 aliphatic carbocycles. The molecule has 1 atom stereocenters. The van der Waals surface area contributed by atoms with Gasteiger partial charge in [0.25, 0.3) is 0 Å². The third kappa shape index (κ3) is 4.86. The Bertz CT molecular complexity index is 399. The smallest absolute Gasteiger partial charge is 0.225 e. The second kappa shape index (κ2) is 5.63. The van der Waals surface area contributed by atoms with E-state index in [9.17, 15) is 4.79 Å². The zero-order valence-corrected chi connectivity index (χ0v) is 12.3. The van der Waals surface area contributed by atoms with Crippen LogP contribution in [0.25, 0.3) is 0 Å². The van der Waals surface area contributed by atoms with Crippen molar-refractivity contribution in [1.29, 1.82) is 0 Å². The minimum Gasteiger partial charge on any atom is -0.311 e. The Labute approximate surface area is 111 Å². The van der Waals surface area contributed by atoms with Gasteiger partial charge in [-0.2, -0.15) is 0 Å². The fourth-order valence-corrected chi connectivity index (χ4v) is 1.59. The number of hydrogen-bond donors (Lipinski definition) is 1. The van der Waals surface area contributed by atoms with Gasteiger partial charge in [-0.05, 0) is 23.5 Å². The summed E-state index contributed by atoms with van der Waals surface area (Å²) in [5.74, 6) is 0.929. The highest BCUT2D eigenvalue weighted by molar-refractivity contribution is 9.10. The molecule has 0 radical (unpaired) electrons. The van der Waals surface area contributed by atoms with Crippen LogP contribution in [0, 0.1) is 11.3 Å². The summed E-state index contributed by atoms with van der Waals surface area (Å²) < 4.78 is 0.909. The summed E-state index contributed by atoms with van der Waals surface area (Å²) in [4.78, 5) is 15.9. The molecule has 4 heteroatoms. The second-order valence-corrected chi connectivity index (χ2v) is 6.29. The van der Waals surface area contributed by atoms with E-state index in [1.165, 1.54) is 0 Å². The Kier molecular flexibility index (Phi) is 4.69. The van der Waals surface area contributed by atoms with Crippen molar-refractivity contribution >= 4 is 27.7 Å². The quantitative estimate of drug-likeness (QED) is 0.921. The molecule has 1 N–H and O–H groups in total. The van der Waals surface area contributed by atoms with Gasteiger partial charge in [-0.15, -0.1) is 0 Å². The highest BCUT2D eigenvalue weighted by atomic mass is 79.9. The molecule has 1 amide bonds. The van der Waals surface area contributed by atoms with Crippen molar-refractivity contribution in [3.05, 3.63) is 22.8 Å². The molecule has 0 saturated carbocycles. The van der Waals surface area contributed by atoms with Crippen LogP contribution in [0.1, 0.15) is 34.1 Å². The molecule has 17 heavy (non-hydrogen) atoms. The largest absolute Gasteiger partial charge is 0.311 e. The fraction of sp³-hybridized carbons (Fsp3) is 0.538. The van der Waals surface area contributed by atoms with Crippen molar-refractivity contribution in [3.8, 4) is 0 Å². The maximum absolute atomic E-state index is 11.8. The van der Waals surface area contributed by atoms with Gasteiger partial charge >= 0.3 is 0 Å². The van der Waals surface area contributed by atoms with Crippen LogP contribution in [-0.2, 0) is 4.79 Å². The average Bonchev–Trinajstić information content (AvgIpc) is 2.15. The molecule has 0 spiro atoms. The third-order valence-electron chi connectivity index (χ3n) is 2.96. The molecule has 3 nitrogen and oxygen atoms in total. The Balaban J connectivity index is 2.56. The van der Waals surface area contributed by atoms with Gasteiger partial charge in [0.15, 0.2) is 0 Å². The number of hydrogen-bond acceptors (Lipinski definition) is 2. The van der Waals surface area contributed by atoms with Gasteiger partial charge in [-0.25, -0.2) is 4.98 Å². The number of carbonyl (C=O) groups excluding carboxylic acids is 1. The van der Waals surface area contributed by atoms with Crippen molar-refractivity contribution in [2.75, 3.05) is 5.32 Å². The first-order valence-electron chi connectivity index (χ1n) is 5.70. The minimum absolute atomic E-state index is 0.0121. The number of rotatable bonds is 3. The van der Waals surface area contributed by atoms with Crippen LogP contribution in [0.5, 0.6) is 0 Å². The Morgan fingerprint density at radius 3 is 2.71 bits per heavy atom. The predicted octanol–water partition coefficient (Wildman–Crippen LogP) is 3.85. The van der Waals surface area contributed by atoms with Crippen LogP contribution in [0.2, 0.25) is 0 Å². The summed E-state index contributed by atoms with van der Waals surface area (Å²) in [5, 5.41) is 2.81. The first-order valence-corrected chi connectivity index (χ1v) is 6.50. The van der Waals surface area contributed by atoms with Crippen molar-refractivity contribution in [2.45, 2.75) is 34.1 Å². The normalized spacial score (nSPS) is 13.2. The minimum atomic E-state index is 0.0121. The lowest BCUT2D eigenvalue weighted by atomic mass is 9.80. The molecule has 1 aromatic heterocycles. The lowest BCUT2D eigenvalue weighted by molar-refractivity contribution is -0.117. The molecule has 0 aliphatic heterocycles. The van der Waals surface area contributed by atoms with E-state index >= 15 is 0 Å². The number of amides is 1. The first kappa shape index (κ1) is 14.2. The van der Waals surface area contributed by atoms with E-state index in [0.717, 1.165) is 4.47 Å². The number of nitrogens with one attached hydrogen (secondary N) is 1.